The molecule has 152 valence electrons. The Bertz CT molecular complexity index is 1030. The van der Waals surface area contributed by atoms with Gasteiger partial charge in [0.2, 0.25) is 5.91 Å². The summed E-state index contributed by atoms with van der Waals surface area (Å²) >= 11 is 1.17. The number of carbonyl (C=O) groups is 1. The maximum atomic E-state index is 12.9. The molecule has 1 aliphatic rings. The second-order valence-electron chi connectivity index (χ2n) is 6.64. The zero-order chi connectivity index (χ0) is 20.6. The molecule has 6 nitrogen and oxygen atoms in total. The highest BCUT2D eigenvalue weighted by Gasteiger charge is 2.37. The smallest absolute Gasteiger partial charge is 0.367 e. The Hall–Kier alpha value is -2.72. The highest BCUT2D eigenvalue weighted by atomic mass is 32.1. The minimum Gasteiger partial charge on any atom is -0.367 e. The van der Waals surface area contributed by atoms with Crippen LogP contribution in [0, 0.1) is 0 Å². The van der Waals surface area contributed by atoms with Crippen LogP contribution in [0.5, 0.6) is 0 Å². The maximum absolute atomic E-state index is 12.9. The summed E-state index contributed by atoms with van der Waals surface area (Å²) in [7, 11) is 0. The van der Waals surface area contributed by atoms with Gasteiger partial charge in [0.15, 0.2) is 0 Å². The van der Waals surface area contributed by atoms with E-state index in [-0.39, 0.29) is 24.7 Å². The van der Waals surface area contributed by atoms with Crippen molar-refractivity contribution in [1.82, 2.24) is 19.7 Å². The molecular weight excluding hydrogens is 405 g/mol. The molecule has 3 aromatic rings. The molecule has 4 rings (SSSR count). The fraction of sp³-hybridized carbons (Fsp3) is 0.316. The molecule has 0 aliphatic carbocycles. The second-order valence-corrected chi connectivity index (χ2v) is 7.75. The quantitative estimate of drug-likeness (QED) is 0.589. The molecule has 1 saturated heterocycles. The van der Waals surface area contributed by atoms with Gasteiger partial charge in [0.25, 0.3) is 0 Å². The number of nitrogens with zero attached hydrogens (tertiary/aromatic N) is 4. The fourth-order valence-electron chi connectivity index (χ4n) is 3.35. The minimum absolute atomic E-state index is 0.138. The van der Waals surface area contributed by atoms with Gasteiger partial charge in [-0.2, -0.15) is 18.3 Å². The summed E-state index contributed by atoms with van der Waals surface area (Å²) in [5, 5.41) is 4.82. The summed E-state index contributed by atoms with van der Waals surface area (Å²) in [5.74, 6) is -0.187. The number of alkyl halides is 3. The largest absolute Gasteiger partial charge is 0.416 e. The van der Waals surface area contributed by atoms with Gasteiger partial charge in [-0.1, -0.05) is 6.58 Å². The van der Waals surface area contributed by atoms with Gasteiger partial charge in [-0.15, -0.1) is 11.3 Å². The van der Waals surface area contributed by atoms with Crippen LogP contribution in [0.3, 0.4) is 0 Å². The van der Waals surface area contributed by atoms with E-state index in [0.717, 1.165) is 12.1 Å². The molecule has 1 aromatic carbocycles. The van der Waals surface area contributed by atoms with E-state index in [1.54, 1.807) is 28.0 Å². The summed E-state index contributed by atoms with van der Waals surface area (Å²) in [6.45, 7) is 4.47. The molecule has 1 amide bonds. The van der Waals surface area contributed by atoms with E-state index < -0.39 is 11.7 Å². The van der Waals surface area contributed by atoms with E-state index in [0.29, 0.717) is 28.3 Å². The number of carbonyl (C=O) groups excluding carboxylic acids is 1. The molecule has 1 aliphatic heterocycles. The first-order valence-electron chi connectivity index (χ1n) is 8.84. The number of rotatable bonds is 5. The van der Waals surface area contributed by atoms with E-state index >= 15 is 0 Å². The van der Waals surface area contributed by atoms with Crippen LogP contribution >= 0.6 is 11.3 Å². The molecule has 2 aromatic heterocycles. The molecule has 3 heterocycles. The lowest BCUT2D eigenvalue weighted by Crippen LogP contribution is -2.28. The average molecular weight is 422 g/mol. The zero-order valence-electron chi connectivity index (χ0n) is 15.2. The van der Waals surface area contributed by atoms with Gasteiger partial charge in [-0.05, 0) is 30.3 Å². The van der Waals surface area contributed by atoms with E-state index in [9.17, 15) is 18.0 Å². The lowest BCUT2D eigenvalue weighted by Gasteiger charge is -2.18. The predicted octanol–water partition coefficient (Wildman–Crippen LogP) is 3.67. The van der Waals surface area contributed by atoms with Crippen LogP contribution in [0.2, 0.25) is 0 Å². The average Bonchev–Trinajstić information content (AvgIpc) is 3.42. The van der Waals surface area contributed by atoms with Crippen LogP contribution in [0.4, 0.5) is 13.2 Å². The Labute approximate surface area is 168 Å². The van der Waals surface area contributed by atoms with Gasteiger partial charge in [0, 0.05) is 25.5 Å². The summed E-state index contributed by atoms with van der Waals surface area (Å²) in [4.78, 5) is 18.0. The molecule has 1 unspecified atom stereocenters. The number of benzene rings is 1. The third-order valence-electron chi connectivity index (χ3n) is 4.77. The number of ether oxygens (including phenoxy) is 1. The van der Waals surface area contributed by atoms with Crippen LogP contribution in [0.25, 0.3) is 10.2 Å². The third kappa shape index (κ3) is 4.03. The van der Waals surface area contributed by atoms with Gasteiger partial charge in [0.1, 0.15) is 5.01 Å². The Morgan fingerprint density at radius 2 is 2.21 bits per heavy atom. The standard InChI is InChI=1S/C19H17F3N4O2S/c1-2-18(27)25-9-14(26-7-3-6-23-26)15(10-25)28-11-17-24-13-5-4-12(19(20,21)22)8-16(13)29-17/h2-8,14-15H,1,9-11H2/t14?,15-/m1/s1. The van der Waals surface area contributed by atoms with Crippen molar-refractivity contribution < 1.29 is 22.7 Å². The summed E-state index contributed by atoms with van der Waals surface area (Å²) in [6.07, 6.45) is 0.00199. The number of halogens is 3. The van der Waals surface area contributed by atoms with E-state index in [1.807, 2.05) is 0 Å². The SMILES string of the molecule is C=CC(=O)N1CC(n2cccn2)[C@H](OCc2nc3ccc(C(F)(F)F)cc3s2)C1. The van der Waals surface area contributed by atoms with Crippen LogP contribution in [-0.4, -0.2) is 44.8 Å². The lowest BCUT2D eigenvalue weighted by molar-refractivity contribution is -0.137. The van der Waals surface area contributed by atoms with Crippen molar-refractivity contribution in [2.45, 2.75) is 24.9 Å². The normalized spacial score (nSPS) is 19.8. The van der Waals surface area contributed by atoms with Crippen LogP contribution in [-0.2, 0) is 22.3 Å². The Kier molecular flexibility index (Phi) is 5.13. The van der Waals surface area contributed by atoms with Crippen LogP contribution in [0.15, 0.2) is 49.3 Å². The molecule has 29 heavy (non-hydrogen) atoms. The summed E-state index contributed by atoms with van der Waals surface area (Å²) in [5.41, 5.74) is -0.200. The molecule has 10 heteroatoms. The molecule has 0 radical (unpaired) electrons. The molecule has 1 fully saturated rings. The van der Waals surface area contributed by atoms with Crippen LogP contribution in [0.1, 0.15) is 16.6 Å². The Morgan fingerprint density at radius 1 is 1.38 bits per heavy atom. The highest BCUT2D eigenvalue weighted by molar-refractivity contribution is 7.18. The molecule has 0 saturated carbocycles. The topological polar surface area (TPSA) is 60.2 Å². The molecule has 0 bridgehead atoms. The number of hydrogen-bond acceptors (Lipinski definition) is 5. The van der Waals surface area contributed by atoms with Gasteiger partial charge >= 0.3 is 6.18 Å². The van der Waals surface area contributed by atoms with Crippen molar-refractivity contribution in [3.8, 4) is 0 Å². The van der Waals surface area contributed by atoms with Gasteiger partial charge in [0.05, 0.1) is 34.5 Å². The Balaban J connectivity index is 1.50. The van der Waals surface area contributed by atoms with Crippen LogP contribution < -0.4 is 0 Å². The number of hydrogen-bond donors (Lipinski definition) is 0. The van der Waals surface area contributed by atoms with Crippen molar-refractivity contribution >= 4 is 27.5 Å². The number of amides is 1. The van der Waals surface area contributed by atoms with Crippen molar-refractivity contribution in [3.05, 3.63) is 59.9 Å². The van der Waals surface area contributed by atoms with Gasteiger partial charge in [-0.25, -0.2) is 4.98 Å². The molecule has 0 N–H and O–H groups in total. The zero-order valence-corrected chi connectivity index (χ0v) is 16.0. The van der Waals surface area contributed by atoms with Crippen molar-refractivity contribution in [3.63, 3.8) is 0 Å². The molecular formula is C19H17F3N4O2S. The number of fused-ring (bicyclic) bond motifs is 1. The van der Waals surface area contributed by atoms with E-state index in [2.05, 4.69) is 16.7 Å². The van der Waals surface area contributed by atoms with Crippen molar-refractivity contribution in [1.29, 1.82) is 0 Å². The third-order valence-corrected chi connectivity index (χ3v) is 5.76. The molecule has 0 spiro atoms. The predicted molar refractivity (Wildman–Crippen MR) is 101 cm³/mol. The highest BCUT2D eigenvalue weighted by Crippen LogP contribution is 2.34. The number of thiazole rings is 1. The molecule has 2 atom stereocenters. The van der Waals surface area contributed by atoms with Crippen molar-refractivity contribution in [2.75, 3.05) is 13.1 Å². The lowest BCUT2D eigenvalue weighted by atomic mass is 10.2. The summed E-state index contributed by atoms with van der Waals surface area (Å²) < 4.78 is 46.9. The van der Waals surface area contributed by atoms with Gasteiger partial charge in [-0.3, -0.25) is 9.48 Å². The number of aromatic nitrogens is 3. The second kappa shape index (κ2) is 7.60. The van der Waals surface area contributed by atoms with Gasteiger partial charge < -0.3 is 9.64 Å². The minimum atomic E-state index is -4.39. The van der Waals surface area contributed by atoms with E-state index in [4.69, 9.17) is 4.74 Å². The maximum Gasteiger partial charge on any atom is 0.416 e. The first-order valence-corrected chi connectivity index (χ1v) is 9.65. The number of likely N-dealkylation sites (tertiary alicyclic amines) is 1. The Morgan fingerprint density at radius 3 is 2.90 bits per heavy atom. The fourth-order valence-corrected chi connectivity index (χ4v) is 4.28. The van der Waals surface area contributed by atoms with Crippen molar-refractivity contribution in [2.24, 2.45) is 0 Å². The van der Waals surface area contributed by atoms with E-state index in [1.165, 1.54) is 23.5 Å². The first kappa shape index (κ1) is 19.6. The summed E-state index contributed by atoms with van der Waals surface area (Å²) in [6, 6.07) is 5.12. The monoisotopic (exact) mass is 422 g/mol. The first-order chi connectivity index (χ1) is 13.8.